The molecule has 192 valence electrons. The number of anilines is 1. The Morgan fingerprint density at radius 2 is 1.61 bits per heavy atom. The third kappa shape index (κ3) is 8.50. The summed E-state index contributed by atoms with van der Waals surface area (Å²) in [7, 11) is 0. The summed E-state index contributed by atoms with van der Waals surface area (Å²) in [6, 6.07) is 18.5. The topological polar surface area (TPSA) is 91.2 Å². The molecule has 0 bridgehead atoms. The van der Waals surface area contributed by atoms with Gasteiger partial charge in [-0.1, -0.05) is 87.2 Å². The largest absolute Gasteiger partial charge is 0.384 e. The summed E-state index contributed by atoms with van der Waals surface area (Å²) in [5.74, 6) is 0.0611. The van der Waals surface area contributed by atoms with E-state index in [-0.39, 0.29) is 16.4 Å². The number of likely N-dealkylation sites (tertiary alicyclic amines) is 1. The minimum absolute atomic E-state index is 0.00833. The molecule has 3 aromatic rings. The highest BCUT2D eigenvalue weighted by molar-refractivity contribution is 9.08. The molecule has 1 aliphatic rings. The van der Waals surface area contributed by atoms with E-state index in [0.717, 1.165) is 37.8 Å². The van der Waals surface area contributed by atoms with Crippen molar-refractivity contribution in [1.29, 1.82) is 0 Å². The molecular weight excluding hydrogens is 540 g/mol. The van der Waals surface area contributed by atoms with Crippen LogP contribution in [0.25, 0.3) is 0 Å². The number of piperidine rings is 1. The highest BCUT2D eigenvalue weighted by Gasteiger charge is 2.21. The van der Waals surface area contributed by atoms with Crippen LogP contribution in [0.5, 0.6) is 0 Å². The Morgan fingerprint density at radius 1 is 1.06 bits per heavy atom. The highest BCUT2D eigenvalue weighted by atomic mass is 79.9. The summed E-state index contributed by atoms with van der Waals surface area (Å²) in [6.07, 6.45) is 2.04. The molecule has 36 heavy (non-hydrogen) atoms. The number of rotatable bonds is 6. The third-order valence-corrected chi connectivity index (χ3v) is 7.29. The van der Waals surface area contributed by atoms with E-state index in [1.807, 2.05) is 0 Å². The van der Waals surface area contributed by atoms with E-state index in [0.29, 0.717) is 12.5 Å². The van der Waals surface area contributed by atoms with Gasteiger partial charge in [-0.15, -0.1) is 0 Å². The van der Waals surface area contributed by atoms with E-state index in [4.69, 9.17) is 17.3 Å². The van der Waals surface area contributed by atoms with Gasteiger partial charge in [0.25, 0.3) is 11.5 Å². The van der Waals surface area contributed by atoms with Crippen LogP contribution in [0.3, 0.4) is 0 Å². The number of carbonyl (C=O) groups is 1. The predicted octanol–water partition coefficient (Wildman–Crippen LogP) is 5.45. The van der Waals surface area contributed by atoms with Crippen LogP contribution in [0.2, 0.25) is 5.02 Å². The lowest BCUT2D eigenvalue weighted by Gasteiger charge is -2.32. The Kier molecular flexibility index (Phi) is 10.6. The lowest BCUT2D eigenvalue weighted by Crippen LogP contribution is -2.39. The Bertz CT molecular complexity index is 1190. The van der Waals surface area contributed by atoms with Crippen molar-refractivity contribution in [3.8, 4) is 0 Å². The highest BCUT2D eigenvalue weighted by Crippen LogP contribution is 2.19. The first-order valence-electron chi connectivity index (χ1n) is 12.1. The molecule has 0 unspecified atom stereocenters. The number of hydrogen-bond acceptors (Lipinski definition) is 4. The van der Waals surface area contributed by atoms with Gasteiger partial charge in [0.15, 0.2) is 0 Å². The molecule has 1 amide bonds. The number of nitrogens with one attached hydrogen (secondary N) is 2. The number of aryl methyl sites for hydroxylation is 2. The molecule has 1 saturated heterocycles. The van der Waals surface area contributed by atoms with Gasteiger partial charge in [-0.25, -0.2) is 0 Å². The summed E-state index contributed by atoms with van der Waals surface area (Å²) < 4.78 is 0. The second-order valence-corrected chi connectivity index (χ2v) is 10.3. The standard InChI is InChI=1S/C20H25ClN4O2.C8H9Br/c1-13-2-4-15(5-3-13)12-25-8-6-14(7-9-25)11-23-19(26)16-10-17(21)18(22)24-20(16)27;1-7-2-4-8(6-9)5-3-7/h2-5,10,14H,6-9,11-12H2,1H3,(H,23,26)(H3,22,24,27);2-5H,6H2,1H3. The van der Waals surface area contributed by atoms with Crippen LogP contribution < -0.4 is 16.6 Å². The minimum atomic E-state index is -0.526. The SMILES string of the molecule is Cc1ccc(CBr)cc1.Cc1ccc(CN2CCC(CNC(=O)c3cc(Cl)c(N)[nH]c3=O)CC2)cc1. The lowest BCUT2D eigenvalue weighted by atomic mass is 9.96. The predicted molar refractivity (Wildman–Crippen MR) is 152 cm³/mol. The molecule has 0 spiro atoms. The minimum Gasteiger partial charge on any atom is -0.384 e. The molecule has 2 heterocycles. The summed E-state index contributed by atoms with van der Waals surface area (Å²) in [5.41, 5.74) is 10.2. The molecule has 0 radical (unpaired) electrons. The first kappa shape index (κ1) is 28.0. The number of H-pyrrole nitrogens is 1. The number of halogens is 2. The number of benzene rings is 2. The fraction of sp³-hybridized carbons (Fsp3) is 0.357. The first-order chi connectivity index (χ1) is 17.2. The van der Waals surface area contributed by atoms with E-state index in [9.17, 15) is 9.59 Å². The Morgan fingerprint density at radius 3 is 2.17 bits per heavy atom. The fourth-order valence-corrected chi connectivity index (χ4v) is 4.53. The van der Waals surface area contributed by atoms with Gasteiger partial charge in [0.05, 0.1) is 5.02 Å². The van der Waals surface area contributed by atoms with Crippen LogP contribution in [0.1, 0.15) is 45.5 Å². The smallest absolute Gasteiger partial charge is 0.262 e. The molecule has 4 rings (SSSR count). The van der Waals surface area contributed by atoms with E-state index < -0.39 is 11.5 Å². The number of aromatic amines is 1. The zero-order chi connectivity index (χ0) is 26.1. The van der Waals surface area contributed by atoms with E-state index in [1.54, 1.807) is 0 Å². The van der Waals surface area contributed by atoms with Crippen molar-refractivity contribution in [3.63, 3.8) is 0 Å². The Hall–Kier alpha value is -2.61. The summed E-state index contributed by atoms with van der Waals surface area (Å²) in [5, 5.41) is 3.97. The van der Waals surface area contributed by atoms with Crippen LogP contribution in [-0.2, 0) is 11.9 Å². The van der Waals surface area contributed by atoms with Gasteiger partial charge in [-0.2, -0.15) is 0 Å². The monoisotopic (exact) mass is 572 g/mol. The Labute approximate surface area is 226 Å². The molecule has 1 fully saturated rings. The number of aromatic nitrogens is 1. The van der Waals surface area contributed by atoms with Crippen LogP contribution in [0, 0.1) is 19.8 Å². The van der Waals surface area contributed by atoms with Gasteiger partial charge >= 0.3 is 0 Å². The molecule has 1 aromatic heterocycles. The average molecular weight is 574 g/mol. The number of hydrogen-bond donors (Lipinski definition) is 3. The van der Waals surface area contributed by atoms with Gasteiger partial charge < -0.3 is 16.0 Å². The van der Waals surface area contributed by atoms with Crippen LogP contribution in [-0.4, -0.2) is 35.4 Å². The number of nitrogens with two attached hydrogens (primary N) is 1. The van der Waals surface area contributed by atoms with Gasteiger partial charge in [0.1, 0.15) is 11.4 Å². The fourth-order valence-electron chi connectivity index (χ4n) is 4.00. The van der Waals surface area contributed by atoms with Gasteiger partial charge in [-0.3, -0.25) is 14.5 Å². The Balaban J connectivity index is 0.000000338. The van der Waals surface area contributed by atoms with Crippen molar-refractivity contribution in [1.82, 2.24) is 15.2 Å². The maximum atomic E-state index is 12.3. The molecule has 4 N–H and O–H groups in total. The number of carbonyl (C=O) groups excluding carboxylic acids is 1. The molecule has 8 heteroatoms. The van der Waals surface area contributed by atoms with Crippen LogP contribution >= 0.6 is 27.5 Å². The number of nitrogen functional groups attached to an aromatic ring is 1. The maximum Gasteiger partial charge on any atom is 0.262 e. The maximum absolute atomic E-state index is 12.3. The van der Waals surface area contributed by atoms with Gasteiger partial charge in [0.2, 0.25) is 0 Å². The van der Waals surface area contributed by atoms with Crippen LogP contribution in [0.15, 0.2) is 59.4 Å². The van der Waals surface area contributed by atoms with Gasteiger partial charge in [-0.05, 0) is 62.9 Å². The summed E-state index contributed by atoms with van der Waals surface area (Å²) in [4.78, 5) is 28.9. The zero-order valence-corrected chi connectivity index (χ0v) is 23.2. The molecule has 6 nitrogen and oxygen atoms in total. The van der Waals surface area contributed by atoms with Crippen molar-refractivity contribution in [3.05, 3.63) is 97.8 Å². The average Bonchev–Trinajstić information content (AvgIpc) is 2.88. The number of alkyl halides is 1. The van der Waals surface area contributed by atoms with Crippen LogP contribution in [0.4, 0.5) is 5.82 Å². The van der Waals surface area contributed by atoms with E-state index in [1.165, 1.54) is 28.3 Å². The van der Waals surface area contributed by atoms with Gasteiger partial charge in [0, 0.05) is 18.4 Å². The number of nitrogens with zero attached hydrogens (tertiary/aromatic N) is 1. The van der Waals surface area contributed by atoms with E-state index >= 15 is 0 Å². The second kappa shape index (κ2) is 13.6. The summed E-state index contributed by atoms with van der Waals surface area (Å²) >= 11 is 9.27. The number of pyridine rings is 1. The number of amides is 1. The second-order valence-electron chi connectivity index (χ2n) is 9.31. The quantitative estimate of drug-likeness (QED) is 0.342. The van der Waals surface area contributed by atoms with E-state index in [2.05, 4.69) is 93.5 Å². The molecule has 0 saturated carbocycles. The molecule has 0 aliphatic carbocycles. The normalized spacial score (nSPS) is 14.1. The van der Waals surface area contributed by atoms with Crippen molar-refractivity contribution in [2.75, 3.05) is 25.4 Å². The van der Waals surface area contributed by atoms with Crippen molar-refractivity contribution in [2.24, 2.45) is 5.92 Å². The van der Waals surface area contributed by atoms with Crippen molar-refractivity contribution < 1.29 is 4.79 Å². The van der Waals surface area contributed by atoms with Crippen molar-refractivity contribution >= 4 is 39.3 Å². The molecular formula is C28H34BrClN4O2. The summed E-state index contributed by atoms with van der Waals surface area (Å²) in [6.45, 7) is 7.70. The lowest BCUT2D eigenvalue weighted by molar-refractivity contribution is 0.0933. The molecule has 0 atom stereocenters. The zero-order valence-electron chi connectivity index (χ0n) is 20.8. The van der Waals surface area contributed by atoms with Crippen molar-refractivity contribution in [2.45, 2.75) is 38.6 Å². The molecule has 2 aromatic carbocycles. The molecule has 1 aliphatic heterocycles. The third-order valence-electron chi connectivity index (χ3n) is 6.33. The first-order valence-corrected chi connectivity index (χ1v) is 13.6.